The standard InChI is InChI=1S/C18H19N3O2S/c1-18(2,3)13-6-7-15(22)14(9-13)21-16(23)11-24-17-12(10-19)5-4-8-20-17/h4-9,22H,11H2,1-3H3,(H,21,23). The molecular weight excluding hydrogens is 322 g/mol. The van der Waals surface area contributed by atoms with Crippen LogP contribution in [0.15, 0.2) is 41.6 Å². The molecule has 1 heterocycles. The van der Waals surface area contributed by atoms with Gasteiger partial charge in [-0.15, -0.1) is 0 Å². The molecule has 0 unspecified atom stereocenters. The molecule has 2 rings (SSSR count). The van der Waals surface area contributed by atoms with Crippen LogP contribution in [-0.2, 0) is 10.2 Å². The van der Waals surface area contributed by atoms with Crippen LogP contribution < -0.4 is 5.32 Å². The molecular formula is C18H19N3O2S. The fraction of sp³-hybridized carbons (Fsp3) is 0.278. The second kappa shape index (κ2) is 7.37. The molecule has 1 aromatic heterocycles. The maximum Gasteiger partial charge on any atom is 0.234 e. The van der Waals surface area contributed by atoms with Crippen molar-refractivity contribution in [3.05, 3.63) is 47.7 Å². The van der Waals surface area contributed by atoms with Gasteiger partial charge in [0.1, 0.15) is 16.8 Å². The molecule has 6 heteroatoms. The number of nitriles is 1. The third-order valence-corrected chi connectivity index (χ3v) is 4.37. The van der Waals surface area contributed by atoms with Crippen molar-refractivity contribution in [2.24, 2.45) is 0 Å². The number of rotatable bonds is 4. The highest BCUT2D eigenvalue weighted by Gasteiger charge is 2.16. The Bertz CT molecular complexity index is 792. The number of nitrogens with one attached hydrogen (secondary N) is 1. The van der Waals surface area contributed by atoms with Gasteiger partial charge in [-0.3, -0.25) is 4.79 Å². The van der Waals surface area contributed by atoms with Crippen molar-refractivity contribution < 1.29 is 9.90 Å². The first kappa shape index (κ1) is 17.8. The minimum atomic E-state index is -0.268. The van der Waals surface area contributed by atoms with Gasteiger partial charge in [0.25, 0.3) is 0 Å². The van der Waals surface area contributed by atoms with Gasteiger partial charge in [0.2, 0.25) is 5.91 Å². The lowest BCUT2D eigenvalue weighted by molar-refractivity contribution is -0.113. The smallest absolute Gasteiger partial charge is 0.234 e. The van der Waals surface area contributed by atoms with Crippen LogP contribution in [0.3, 0.4) is 0 Å². The molecule has 1 aromatic carbocycles. The summed E-state index contributed by atoms with van der Waals surface area (Å²) < 4.78 is 0. The van der Waals surface area contributed by atoms with Gasteiger partial charge in [0, 0.05) is 6.20 Å². The van der Waals surface area contributed by atoms with Crippen molar-refractivity contribution in [2.75, 3.05) is 11.1 Å². The molecule has 5 nitrogen and oxygen atoms in total. The molecule has 0 fully saturated rings. The molecule has 0 atom stereocenters. The number of amides is 1. The number of pyridine rings is 1. The van der Waals surface area contributed by atoms with Crippen LogP contribution in [0.4, 0.5) is 5.69 Å². The number of aromatic nitrogens is 1. The number of phenols is 1. The Morgan fingerprint density at radius 1 is 1.38 bits per heavy atom. The van der Waals surface area contributed by atoms with Crippen LogP contribution in [0.1, 0.15) is 31.9 Å². The van der Waals surface area contributed by atoms with Gasteiger partial charge in [-0.05, 0) is 35.2 Å². The van der Waals surface area contributed by atoms with E-state index in [1.165, 1.54) is 11.8 Å². The van der Waals surface area contributed by atoms with Crippen LogP contribution in [-0.4, -0.2) is 21.8 Å². The number of carbonyl (C=O) groups is 1. The van der Waals surface area contributed by atoms with E-state index in [9.17, 15) is 9.90 Å². The molecule has 0 saturated heterocycles. The first-order chi connectivity index (χ1) is 11.3. The number of thioether (sulfide) groups is 1. The monoisotopic (exact) mass is 341 g/mol. The molecule has 0 bridgehead atoms. The fourth-order valence-corrected chi connectivity index (χ4v) is 2.76. The van der Waals surface area contributed by atoms with Crippen molar-refractivity contribution in [1.82, 2.24) is 4.98 Å². The van der Waals surface area contributed by atoms with Gasteiger partial charge < -0.3 is 10.4 Å². The number of anilines is 1. The summed E-state index contributed by atoms with van der Waals surface area (Å²) in [5, 5.41) is 22.2. The van der Waals surface area contributed by atoms with Crippen LogP contribution in [0.25, 0.3) is 0 Å². The van der Waals surface area contributed by atoms with Crippen LogP contribution in [0.2, 0.25) is 0 Å². The van der Waals surface area contributed by atoms with Crippen LogP contribution >= 0.6 is 11.8 Å². The number of hydrogen-bond acceptors (Lipinski definition) is 5. The van der Waals surface area contributed by atoms with E-state index < -0.39 is 0 Å². The third kappa shape index (κ3) is 4.49. The Hall–Kier alpha value is -2.52. The summed E-state index contributed by atoms with van der Waals surface area (Å²) in [7, 11) is 0. The number of benzene rings is 1. The lowest BCUT2D eigenvalue weighted by Crippen LogP contribution is -2.16. The van der Waals surface area contributed by atoms with Crippen molar-refractivity contribution in [3.63, 3.8) is 0 Å². The topological polar surface area (TPSA) is 86.0 Å². The quantitative estimate of drug-likeness (QED) is 0.654. The molecule has 2 N–H and O–H groups in total. The number of nitrogens with zero attached hydrogens (tertiary/aromatic N) is 2. The van der Waals surface area contributed by atoms with E-state index >= 15 is 0 Å². The summed E-state index contributed by atoms with van der Waals surface area (Å²) in [5.74, 6) is -0.141. The average Bonchev–Trinajstić information content (AvgIpc) is 2.54. The Kier molecular flexibility index (Phi) is 5.47. The molecule has 0 aliphatic carbocycles. The van der Waals surface area contributed by atoms with Crippen LogP contribution in [0.5, 0.6) is 5.75 Å². The minimum Gasteiger partial charge on any atom is -0.506 e. The highest BCUT2D eigenvalue weighted by Crippen LogP contribution is 2.31. The largest absolute Gasteiger partial charge is 0.506 e. The zero-order chi connectivity index (χ0) is 17.7. The van der Waals surface area contributed by atoms with Gasteiger partial charge in [-0.1, -0.05) is 38.6 Å². The SMILES string of the molecule is CC(C)(C)c1ccc(O)c(NC(=O)CSc2ncccc2C#N)c1. The summed E-state index contributed by atoms with van der Waals surface area (Å²) in [4.78, 5) is 16.2. The lowest BCUT2D eigenvalue weighted by atomic mass is 9.87. The second-order valence-corrected chi connectivity index (χ2v) is 7.25. The summed E-state index contributed by atoms with van der Waals surface area (Å²) in [6, 6.07) is 10.6. The molecule has 1 amide bonds. The molecule has 0 aliphatic rings. The highest BCUT2D eigenvalue weighted by molar-refractivity contribution is 8.00. The predicted molar refractivity (Wildman–Crippen MR) is 95.1 cm³/mol. The summed E-state index contributed by atoms with van der Waals surface area (Å²) in [6.07, 6.45) is 1.58. The van der Waals surface area contributed by atoms with Crippen LogP contribution in [0, 0.1) is 11.3 Å². The number of aromatic hydroxyl groups is 1. The molecule has 0 radical (unpaired) electrons. The van der Waals surface area contributed by atoms with E-state index in [-0.39, 0.29) is 22.8 Å². The van der Waals surface area contributed by atoms with Gasteiger partial charge in [0.15, 0.2) is 0 Å². The van der Waals surface area contributed by atoms with Gasteiger partial charge in [-0.25, -0.2) is 4.98 Å². The van der Waals surface area contributed by atoms with Crippen molar-refractivity contribution in [1.29, 1.82) is 5.26 Å². The van der Waals surface area contributed by atoms with E-state index in [0.29, 0.717) is 16.3 Å². The Balaban J connectivity index is 2.06. The lowest BCUT2D eigenvalue weighted by Gasteiger charge is -2.20. The van der Waals surface area contributed by atoms with Crippen molar-refractivity contribution >= 4 is 23.4 Å². The Morgan fingerprint density at radius 3 is 2.79 bits per heavy atom. The summed E-state index contributed by atoms with van der Waals surface area (Å²) >= 11 is 1.19. The summed E-state index contributed by atoms with van der Waals surface area (Å²) in [6.45, 7) is 6.18. The first-order valence-electron chi connectivity index (χ1n) is 7.42. The maximum absolute atomic E-state index is 12.1. The number of phenolic OH excluding ortho intramolecular Hbond substituents is 1. The first-order valence-corrected chi connectivity index (χ1v) is 8.41. The van der Waals surface area contributed by atoms with E-state index in [1.54, 1.807) is 30.5 Å². The average molecular weight is 341 g/mol. The zero-order valence-electron chi connectivity index (χ0n) is 13.8. The minimum absolute atomic E-state index is 0.0249. The van der Waals surface area contributed by atoms with Crippen molar-refractivity contribution in [3.8, 4) is 11.8 Å². The Morgan fingerprint density at radius 2 is 2.12 bits per heavy atom. The second-order valence-electron chi connectivity index (χ2n) is 6.29. The van der Waals surface area contributed by atoms with Gasteiger partial charge >= 0.3 is 0 Å². The third-order valence-electron chi connectivity index (χ3n) is 3.37. The highest BCUT2D eigenvalue weighted by atomic mass is 32.2. The predicted octanol–water partition coefficient (Wildman–Crippen LogP) is 3.69. The van der Waals surface area contributed by atoms with E-state index in [0.717, 1.165) is 5.56 Å². The molecule has 24 heavy (non-hydrogen) atoms. The molecule has 2 aromatic rings. The van der Waals surface area contributed by atoms with Gasteiger partial charge in [-0.2, -0.15) is 5.26 Å². The molecule has 124 valence electrons. The maximum atomic E-state index is 12.1. The summed E-state index contributed by atoms with van der Waals surface area (Å²) in [5.41, 5.74) is 1.75. The van der Waals surface area contributed by atoms with Gasteiger partial charge in [0.05, 0.1) is 17.0 Å². The molecule has 0 aliphatic heterocycles. The number of hydrogen-bond donors (Lipinski definition) is 2. The number of carbonyl (C=O) groups excluding carboxylic acids is 1. The van der Waals surface area contributed by atoms with E-state index in [1.807, 2.05) is 12.1 Å². The van der Waals surface area contributed by atoms with E-state index in [4.69, 9.17) is 5.26 Å². The molecule has 0 saturated carbocycles. The Labute approximate surface area is 145 Å². The normalized spacial score (nSPS) is 10.9. The zero-order valence-corrected chi connectivity index (χ0v) is 14.6. The fourth-order valence-electron chi connectivity index (χ4n) is 2.01. The van der Waals surface area contributed by atoms with E-state index in [2.05, 4.69) is 31.1 Å². The molecule has 0 spiro atoms. The van der Waals surface area contributed by atoms with Crippen molar-refractivity contribution in [2.45, 2.75) is 31.2 Å².